The number of nitriles is 1. The van der Waals surface area contributed by atoms with Gasteiger partial charge in [-0.25, -0.2) is 14.1 Å². The number of ether oxygens (including phenoxy) is 5. The Morgan fingerprint density at radius 1 is 0.981 bits per heavy atom. The van der Waals surface area contributed by atoms with Gasteiger partial charge in [-0.15, -0.1) is 0 Å². The van der Waals surface area contributed by atoms with E-state index in [-0.39, 0.29) is 23.7 Å². The van der Waals surface area contributed by atoms with Crippen LogP contribution in [0.25, 0.3) is 5.52 Å². The van der Waals surface area contributed by atoms with E-state index in [1.54, 1.807) is 52.0 Å². The van der Waals surface area contributed by atoms with Crippen LogP contribution >= 0.6 is 7.75 Å². The van der Waals surface area contributed by atoms with Crippen LogP contribution in [0.15, 0.2) is 42.7 Å². The zero-order valence-electron chi connectivity index (χ0n) is 30.8. The van der Waals surface area contributed by atoms with Crippen LogP contribution in [0.5, 0.6) is 5.75 Å². The summed E-state index contributed by atoms with van der Waals surface area (Å²) in [5, 5.41) is 17.6. The molecule has 3 heterocycles. The molecule has 20 heteroatoms. The first-order chi connectivity index (χ1) is 25.5. The Bertz CT molecular complexity index is 1930. The Hall–Kier alpha value is -5.12. The number of carbonyl (C=O) groups is 4. The van der Waals surface area contributed by atoms with Gasteiger partial charge in [0.05, 0.1) is 31.7 Å². The van der Waals surface area contributed by atoms with Crippen LogP contribution in [0.1, 0.15) is 52.0 Å². The average molecular weight is 774 g/mol. The lowest BCUT2D eigenvalue weighted by atomic mass is 9.95. The first-order valence-electron chi connectivity index (χ1n) is 16.8. The SMILES string of the molecule is COC(=O)[C@H](C)NP(=O)(OC[C@@]1(C#N)O[C@@H](c2ccc3c(N)ncnn23)[C@H](OC(=O)C(C)C)[C@@H]1OC(=O)C(C)C)Oc1ccc(C[C@H](N)C(=O)OC)cc1. The number of nitrogens with zero attached hydrogens (tertiary/aromatic N) is 4. The summed E-state index contributed by atoms with van der Waals surface area (Å²) in [7, 11) is -2.34. The molecule has 3 aromatic rings. The molecular formula is C34H44N7O12P. The number of fused-ring (bicyclic) bond motifs is 1. The number of hydrogen-bond acceptors (Lipinski definition) is 17. The largest absolute Gasteiger partial charge is 0.468 e. The Morgan fingerprint density at radius 2 is 1.61 bits per heavy atom. The number of hydrogen-bond donors (Lipinski definition) is 3. The molecule has 1 unspecified atom stereocenters. The maximum Gasteiger partial charge on any atom is 0.459 e. The summed E-state index contributed by atoms with van der Waals surface area (Å²) in [4.78, 5) is 54.5. The second-order valence-electron chi connectivity index (χ2n) is 13.0. The summed E-state index contributed by atoms with van der Waals surface area (Å²) in [6, 6.07) is 8.89. The van der Waals surface area contributed by atoms with Gasteiger partial charge in [0.2, 0.25) is 5.60 Å². The Kier molecular flexibility index (Phi) is 13.4. The maximum atomic E-state index is 14.5. The van der Waals surface area contributed by atoms with Gasteiger partial charge in [0.25, 0.3) is 0 Å². The fraction of sp³-hybridized carbons (Fsp3) is 0.500. The van der Waals surface area contributed by atoms with Crippen molar-refractivity contribution < 1.29 is 56.5 Å². The van der Waals surface area contributed by atoms with Gasteiger partial charge in [0.1, 0.15) is 48.5 Å². The maximum absolute atomic E-state index is 14.5. The number of methoxy groups -OCH3 is 2. The van der Waals surface area contributed by atoms with Crippen LogP contribution in [0.2, 0.25) is 0 Å². The molecule has 4 rings (SSSR count). The van der Waals surface area contributed by atoms with Crippen molar-refractivity contribution in [1.82, 2.24) is 19.7 Å². The van der Waals surface area contributed by atoms with Gasteiger partial charge in [0, 0.05) is 0 Å². The molecular weight excluding hydrogens is 729 g/mol. The lowest BCUT2D eigenvalue weighted by Crippen LogP contribution is -2.50. The highest BCUT2D eigenvalue weighted by atomic mass is 31.2. The minimum Gasteiger partial charge on any atom is -0.468 e. The summed E-state index contributed by atoms with van der Waals surface area (Å²) in [5.41, 5.74) is 10.8. The predicted octanol–water partition coefficient (Wildman–Crippen LogP) is 2.18. The number of aromatic nitrogens is 3. The molecule has 292 valence electrons. The number of benzene rings is 1. The first-order valence-corrected chi connectivity index (χ1v) is 18.3. The van der Waals surface area contributed by atoms with E-state index in [0.29, 0.717) is 11.1 Å². The molecule has 7 atom stereocenters. The number of nitrogen functional groups attached to an aromatic ring is 1. The van der Waals surface area contributed by atoms with Crippen molar-refractivity contribution in [1.29, 1.82) is 5.26 Å². The molecule has 0 spiro atoms. The predicted molar refractivity (Wildman–Crippen MR) is 188 cm³/mol. The Labute approximate surface area is 311 Å². The van der Waals surface area contributed by atoms with Gasteiger partial charge in [-0.1, -0.05) is 39.8 Å². The minimum absolute atomic E-state index is 0.0158. The lowest BCUT2D eigenvalue weighted by molar-refractivity contribution is -0.173. The third-order valence-corrected chi connectivity index (χ3v) is 9.91. The number of esters is 4. The van der Waals surface area contributed by atoms with Crippen molar-refractivity contribution in [3.8, 4) is 11.8 Å². The third kappa shape index (κ3) is 9.32. The molecule has 0 aliphatic carbocycles. The van der Waals surface area contributed by atoms with E-state index in [9.17, 15) is 29.0 Å². The van der Waals surface area contributed by atoms with Gasteiger partial charge in [-0.3, -0.25) is 23.7 Å². The highest BCUT2D eigenvalue weighted by molar-refractivity contribution is 7.52. The normalized spacial score (nSPS) is 21.8. The van der Waals surface area contributed by atoms with Crippen molar-refractivity contribution in [3.05, 3.63) is 54.0 Å². The molecule has 0 saturated carbocycles. The van der Waals surface area contributed by atoms with Crippen molar-refractivity contribution in [3.63, 3.8) is 0 Å². The average Bonchev–Trinajstić information content (AvgIpc) is 3.70. The molecule has 0 radical (unpaired) electrons. The van der Waals surface area contributed by atoms with E-state index >= 15 is 0 Å². The number of nitrogens with one attached hydrogen (secondary N) is 1. The van der Waals surface area contributed by atoms with Crippen LogP contribution in [-0.4, -0.2) is 89.2 Å². The lowest BCUT2D eigenvalue weighted by Gasteiger charge is -2.31. The minimum atomic E-state index is -4.68. The topological polar surface area (TPSA) is 268 Å². The molecule has 1 saturated heterocycles. The second kappa shape index (κ2) is 17.3. The number of anilines is 1. The van der Waals surface area contributed by atoms with E-state index in [0.717, 1.165) is 7.11 Å². The molecule has 2 aromatic heterocycles. The summed E-state index contributed by atoms with van der Waals surface area (Å²) < 4.78 is 55.1. The third-order valence-electron chi connectivity index (χ3n) is 8.29. The Morgan fingerprint density at radius 3 is 2.20 bits per heavy atom. The van der Waals surface area contributed by atoms with Crippen LogP contribution < -0.4 is 21.1 Å². The summed E-state index contributed by atoms with van der Waals surface area (Å²) >= 11 is 0. The van der Waals surface area contributed by atoms with E-state index in [4.69, 9.17) is 39.5 Å². The van der Waals surface area contributed by atoms with Gasteiger partial charge >= 0.3 is 31.6 Å². The van der Waals surface area contributed by atoms with Crippen molar-refractivity contribution in [2.75, 3.05) is 26.6 Å². The van der Waals surface area contributed by atoms with Crippen LogP contribution in [0, 0.1) is 23.2 Å². The molecule has 54 heavy (non-hydrogen) atoms. The summed E-state index contributed by atoms with van der Waals surface area (Å²) in [5.74, 6) is -4.17. The number of nitrogens with two attached hydrogens (primary N) is 2. The van der Waals surface area contributed by atoms with Crippen molar-refractivity contribution in [2.24, 2.45) is 17.6 Å². The fourth-order valence-corrected chi connectivity index (χ4v) is 6.83. The molecule has 5 N–H and O–H groups in total. The number of carbonyl (C=O) groups excluding carboxylic acids is 4. The summed E-state index contributed by atoms with van der Waals surface area (Å²) in [6.07, 6.45) is -3.15. The van der Waals surface area contributed by atoms with Gasteiger partial charge in [-0.2, -0.15) is 15.4 Å². The highest BCUT2D eigenvalue weighted by Gasteiger charge is 2.62. The summed E-state index contributed by atoms with van der Waals surface area (Å²) in [6.45, 7) is 6.71. The van der Waals surface area contributed by atoms with Gasteiger partial charge < -0.3 is 39.7 Å². The van der Waals surface area contributed by atoms with Crippen molar-refractivity contribution >= 4 is 43.0 Å². The first kappa shape index (κ1) is 41.6. The van der Waals surface area contributed by atoms with E-state index < -0.39 is 86.1 Å². The molecule has 1 aliphatic rings. The number of rotatable bonds is 16. The van der Waals surface area contributed by atoms with Gasteiger partial charge in [-0.05, 0) is 43.2 Å². The smallest absolute Gasteiger partial charge is 0.459 e. The molecule has 1 aliphatic heterocycles. The van der Waals surface area contributed by atoms with E-state index in [1.165, 1.54) is 37.0 Å². The Balaban J connectivity index is 1.76. The fourth-order valence-electron chi connectivity index (χ4n) is 5.31. The molecule has 0 bridgehead atoms. The van der Waals surface area contributed by atoms with Crippen LogP contribution in [0.4, 0.5) is 5.82 Å². The monoisotopic (exact) mass is 773 g/mol. The second-order valence-corrected chi connectivity index (χ2v) is 14.7. The molecule has 0 amide bonds. The van der Waals surface area contributed by atoms with Crippen LogP contribution in [-0.2, 0) is 58.4 Å². The molecule has 1 aromatic carbocycles. The van der Waals surface area contributed by atoms with Crippen molar-refractivity contribution in [2.45, 2.75) is 77.0 Å². The van der Waals surface area contributed by atoms with Crippen LogP contribution in [0.3, 0.4) is 0 Å². The van der Waals surface area contributed by atoms with E-state index in [2.05, 4.69) is 19.9 Å². The quantitative estimate of drug-likeness (QED) is 0.107. The standard InChI is InChI=1S/C34H44N7O12P/c1-18(2)30(42)50-27-26(24-12-13-25-29(37)38-17-39-41(24)25)52-34(15-35,28(27)51-31(43)19(3)4)16-49-54(46,40-20(5)32(44)47-6)53-22-10-8-21(9-11-22)14-23(36)33(45)48-7/h8-13,17-20,23,26-28H,14,16,36H2,1-7H3,(H,40,46)(H2,37,38,39)/t20-,23-,26-,27-,28-,34+,54?/m0/s1. The molecule has 1 fully saturated rings. The van der Waals surface area contributed by atoms with Gasteiger partial charge in [0.15, 0.2) is 18.0 Å². The zero-order valence-corrected chi connectivity index (χ0v) is 31.7. The zero-order chi connectivity index (χ0) is 40.0. The van der Waals surface area contributed by atoms with E-state index in [1.807, 2.05) is 6.07 Å². The highest BCUT2D eigenvalue weighted by Crippen LogP contribution is 2.50. The molecule has 19 nitrogen and oxygen atoms in total.